The largest absolute Gasteiger partial charge is 0.299 e. The number of aromatic nitrogens is 4. The van der Waals surface area contributed by atoms with Gasteiger partial charge in [-0.15, -0.1) is 10.2 Å². The third kappa shape index (κ3) is 3.31. The van der Waals surface area contributed by atoms with E-state index in [9.17, 15) is 4.39 Å². The number of nitrogens with zero attached hydrogens (tertiary/aromatic N) is 5. The van der Waals surface area contributed by atoms with Gasteiger partial charge in [0.05, 0.1) is 0 Å². The van der Waals surface area contributed by atoms with Crippen LogP contribution in [-0.4, -0.2) is 37.6 Å². The van der Waals surface area contributed by atoms with Gasteiger partial charge < -0.3 is 0 Å². The first kappa shape index (κ1) is 17.5. The molecule has 5 rings (SSSR count). The Balaban J connectivity index is 1.38. The van der Waals surface area contributed by atoms with Crippen LogP contribution in [0.3, 0.4) is 0 Å². The average Bonchev–Trinajstić information content (AvgIpc) is 3.38. The monoisotopic (exact) mass is 393 g/mol. The zero-order valence-corrected chi connectivity index (χ0v) is 16.1. The molecule has 0 bridgehead atoms. The third-order valence-corrected chi connectivity index (χ3v) is 6.15. The highest BCUT2D eigenvalue weighted by molar-refractivity contribution is 7.07. The van der Waals surface area contributed by atoms with Crippen molar-refractivity contribution in [3.63, 3.8) is 0 Å². The molecular weight excluding hydrogens is 373 g/mol. The minimum atomic E-state index is -0.250. The van der Waals surface area contributed by atoms with Crippen LogP contribution in [-0.2, 0) is 6.54 Å². The lowest BCUT2D eigenvalue weighted by atomic mass is 9.95. The van der Waals surface area contributed by atoms with Gasteiger partial charge in [-0.2, -0.15) is 11.3 Å². The van der Waals surface area contributed by atoms with Crippen molar-refractivity contribution in [3.8, 4) is 11.1 Å². The summed E-state index contributed by atoms with van der Waals surface area (Å²) in [5, 5.41) is 13.0. The number of benzene rings is 1. The molecule has 0 unspecified atom stereocenters. The Morgan fingerprint density at radius 2 is 1.96 bits per heavy atom. The molecule has 4 heterocycles. The summed E-state index contributed by atoms with van der Waals surface area (Å²) in [6.07, 6.45) is 5.65. The lowest BCUT2D eigenvalue weighted by molar-refractivity contribution is 0.201. The highest BCUT2D eigenvalue weighted by Gasteiger charge is 2.25. The molecule has 3 aromatic heterocycles. The van der Waals surface area contributed by atoms with Gasteiger partial charge in [0.15, 0.2) is 0 Å². The van der Waals surface area contributed by atoms with Crippen LogP contribution >= 0.6 is 11.3 Å². The number of hydrogen-bond acceptors (Lipinski definition) is 5. The minimum absolute atomic E-state index is 0.250. The van der Waals surface area contributed by atoms with Gasteiger partial charge >= 0.3 is 0 Å². The number of rotatable bonds is 4. The van der Waals surface area contributed by atoms with Crippen molar-refractivity contribution in [2.75, 3.05) is 13.1 Å². The van der Waals surface area contributed by atoms with Crippen molar-refractivity contribution in [1.29, 1.82) is 0 Å². The maximum atomic E-state index is 14.2. The van der Waals surface area contributed by atoms with Crippen LogP contribution in [0.25, 0.3) is 16.9 Å². The van der Waals surface area contributed by atoms with Gasteiger partial charge in [-0.1, -0.05) is 18.2 Å². The Morgan fingerprint density at radius 3 is 2.75 bits per heavy atom. The summed E-state index contributed by atoms with van der Waals surface area (Å²) in [6, 6.07) is 8.96. The molecule has 4 aromatic rings. The molecule has 0 N–H and O–H groups in total. The SMILES string of the molecule is Fc1ccccc1-c1cnc2nnc(C3CCN(Cc4ccsc4)CC3)n2c1. The van der Waals surface area contributed by atoms with Crippen molar-refractivity contribution in [2.24, 2.45) is 0 Å². The van der Waals surface area contributed by atoms with Crippen molar-refractivity contribution >= 4 is 17.1 Å². The van der Waals surface area contributed by atoms with E-state index in [0.717, 1.165) is 43.9 Å². The van der Waals surface area contributed by atoms with Crippen LogP contribution in [0.15, 0.2) is 53.5 Å². The Hall–Kier alpha value is -2.64. The molecule has 0 amide bonds. The summed E-state index contributed by atoms with van der Waals surface area (Å²) in [7, 11) is 0. The molecule has 1 fully saturated rings. The summed E-state index contributed by atoms with van der Waals surface area (Å²) in [5.41, 5.74) is 2.67. The highest BCUT2D eigenvalue weighted by atomic mass is 32.1. The van der Waals surface area contributed by atoms with E-state index in [0.29, 0.717) is 17.3 Å². The summed E-state index contributed by atoms with van der Waals surface area (Å²) in [5.74, 6) is 1.58. The fourth-order valence-corrected chi connectivity index (χ4v) is 4.57. The van der Waals surface area contributed by atoms with Crippen LogP contribution in [0.2, 0.25) is 0 Å². The van der Waals surface area contributed by atoms with E-state index < -0.39 is 0 Å². The first-order valence-corrected chi connectivity index (χ1v) is 10.4. The number of halogens is 1. The molecule has 1 aliphatic rings. The number of piperidine rings is 1. The molecule has 1 saturated heterocycles. The van der Waals surface area contributed by atoms with Crippen LogP contribution < -0.4 is 0 Å². The van der Waals surface area contributed by atoms with Crippen molar-refractivity contribution in [3.05, 3.63) is 70.7 Å². The van der Waals surface area contributed by atoms with Gasteiger partial charge in [0, 0.05) is 36.0 Å². The van der Waals surface area contributed by atoms with E-state index in [1.54, 1.807) is 29.7 Å². The van der Waals surface area contributed by atoms with Gasteiger partial charge in [0.2, 0.25) is 0 Å². The maximum absolute atomic E-state index is 14.2. The van der Waals surface area contributed by atoms with Crippen molar-refractivity contribution in [1.82, 2.24) is 24.5 Å². The summed E-state index contributed by atoms with van der Waals surface area (Å²) >= 11 is 1.75. The van der Waals surface area contributed by atoms with E-state index >= 15 is 0 Å². The van der Waals surface area contributed by atoms with E-state index in [-0.39, 0.29) is 5.82 Å². The molecular formula is C21H20FN5S. The molecule has 0 saturated carbocycles. The predicted octanol–water partition coefficient (Wildman–Crippen LogP) is 4.37. The van der Waals surface area contributed by atoms with Crippen LogP contribution in [0.4, 0.5) is 4.39 Å². The van der Waals surface area contributed by atoms with E-state index in [1.807, 2.05) is 16.7 Å². The fraction of sp³-hybridized carbons (Fsp3) is 0.286. The summed E-state index contributed by atoms with van der Waals surface area (Å²) < 4.78 is 16.1. The zero-order chi connectivity index (χ0) is 18.9. The highest BCUT2D eigenvalue weighted by Crippen LogP contribution is 2.29. The number of thiophene rings is 1. The van der Waals surface area contributed by atoms with Crippen LogP contribution in [0, 0.1) is 5.82 Å². The molecule has 1 aromatic carbocycles. The van der Waals surface area contributed by atoms with Gasteiger partial charge in [0.25, 0.3) is 5.78 Å². The second kappa shape index (κ2) is 7.41. The standard InChI is InChI=1S/C21H20FN5S/c22-19-4-2-1-3-18(19)17-11-23-21-25-24-20(27(21)13-17)16-5-8-26(9-6-16)12-15-7-10-28-14-15/h1-4,7,10-11,13-14,16H,5-6,8-9,12H2. The van der Waals surface area contributed by atoms with E-state index in [4.69, 9.17) is 0 Å². The lowest BCUT2D eigenvalue weighted by Gasteiger charge is -2.30. The summed E-state index contributed by atoms with van der Waals surface area (Å²) in [6.45, 7) is 3.08. The first-order valence-electron chi connectivity index (χ1n) is 9.47. The molecule has 0 aliphatic carbocycles. The topological polar surface area (TPSA) is 46.3 Å². The van der Waals surface area contributed by atoms with Crippen molar-refractivity contribution in [2.45, 2.75) is 25.3 Å². The molecule has 1 aliphatic heterocycles. The van der Waals surface area contributed by atoms with E-state index in [2.05, 4.69) is 36.9 Å². The molecule has 0 spiro atoms. The van der Waals surface area contributed by atoms with E-state index in [1.165, 1.54) is 11.6 Å². The molecule has 142 valence electrons. The fourth-order valence-electron chi connectivity index (χ4n) is 3.91. The Bertz CT molecular complexity index is 1080. The third-order valence-electron chi connectivity index (χ3n) is 5.42. The summed E-state index contributed by atoms with van der Waals surface area (Å²) in [4.78, 5) is 6.88. The smallest absolute Gasteiger partial charge is 0.254 e. The second-order valence-corrected chi connectivity index (χ2v) is 8.01. The maximum Gasteiger partial charge on any atom is 0.254 e. The number of fused-ring (bicyclic) bond motifs is 1. The molecule has 5 nitrogen and oxygen atoms in total. The van der Waals surface area contributed by atoms with Crippen LogP contribution in [0.5, 0.6) is 0 Å². The predicted molar refractivity (Wildman–Crippen MR) is 108 cm³/mol. The van der Waals surface area contributed by atoms with Crippen molar-refractivity contribution < 1.29 is 4.39 Å². The second-order valence-electron chi connectivity index (χ2n) is 7.23. The van der Waals surface area contributed by atoms with Gasteiger partial charge in [-0.25, -0.2) is 9.37 Å². The zero-order valence-electron chi connectivity index (χ0n) is 15.3. The molecule has 7 heteroatoms. The minimum Gasteiger partial charge on any atom is -0.299 e. The number of likely N-dealkylation sites (tertiary alicyclic amines) is 1. The Labute approximate surface area is 166 Å². The van der Waals surface area contributed by atoms with Gasteiger partial charge in [-0.05, 0) is 54.4 Å². The average molecular weight is 393 g/mol. The number of hydrogen-bond donors (Lipinski definition) is 0. The van der Waals surface area contributed by atoms with Gasteiger partial charge in [-0.3, -0.25) is 9.30 Å². The quantitative estimate of drug-likeness (QED) is 0.516. The molecule has 0 radical (unpaired) electrons. The Morgan fingerprint density at radius 1 is 1.11 bits per heavy atom. The normalized spacial score (nSPS) is 16.0. The Kier molecular flexibility index (Phi) is 4.62. The molecule has 0 atom stereocenters. The first-order chi connectivity index (χ1) is 13.8. The van der Waals surface area contributed by atoms with Gasteiger partial charge in [0.1, 0.15) is 11.6 Å². The molecule has 28 heavy (non-hydrogen) atoms. The lowest BCUT2D eigenvalue weighted by Crippen LogP contribution is -2.32. The van der Waals surface area contributed by atoms with Crippen LogP contribution in [0.1, 0.15) is 30.1 Å².